The van der Waals surface area contributed by atoms with Gasteiger partial charge in [0.25, 0.3) is 5.91 Å². The van der Waals surface area contributed by atoms with Crippen LogP contribution in [0.5, 0.6) is 11.5 Å². The molecular formula is C29H25NO3. The minimum Gasteiger partial charge on any atom is -0.494 e. The molecule has 164 valence electrons. The van der Waals surface area contributed by atoms with E-state index in [1.54, 1.807) is 4.90 Å². The average Bonchev–Trinajstić information content (AvgIpc) is 3.12. The maximum Gasteiger partial charge on any atom is 0.263 e. The normalized spacial score (nSPS) is 14.1. The summed E-state index contributed by atoms with van der Waals surface area (Å²) in [7, 11) is 0. The molecule has 1 aliphatic heterocycles. The number of anilines is 2. The fraction of sp³-hybridized carbons (Fsp3) is 0.138. The average molecular weight is 436 g/mol. The smallest absolute Gasteiger partial charge is 0.263 e. The van der Waals surface area contributed by atoms with Crippen molar-refractivity contribution in [3.05, 3.63) is 96.1 Å². The summed E-state index contributed by atoms with van der Waals surface area (Å²) < 4.78 is 11.7. The zero-order chi connectivity index (χ0) is 22.8. The zero-order valence-electron chi connectivity index (χ0n) is 18.7. The molecule has 4 heteroatoms. The molecule has 0 N–H and O–H groups in total. The number of benzene rings is 4. The zero-order valence-corrected chi connectivity index (χ0v) is 18.7. The van der Waals surface area contributed by atoms with E-state index >= 15 is 0 Å². The lowest BCUT2D eigenvalue weighted by Crippen LogP contribution is -2.20. The van der Waals surface area contributed by atoms with Gasteiger partial charge in [-0.1, -0.05) is 48.5 Å². The Morgan fingerprint density at radius 1 is 0.818 bits per heavy atom. The van der Waals surface area contributed by atoms with Crippen LogP contribution >= 0.6 is 0 Å². The van der Waals surface area contributed by atoms with E-state index in [4.69, 9.17) is 9.47 Å². The molecule has 0 aliphatic carbocycles. The Bertz CT molecular complexity index is 1350. The molecule has 0 bridgehead atoms. The number of ether oxygens (including phenoxy) is 2. The van der Waals surface area contributed by atoms with E-state index in [2.05, 4.69) is 0 Å². The minimum atomic E-state index is -0.0529. The van der Waals surface area contributed by atoms with Crippen molar-refractivity contribution in [2.75, 3.05) is 18.1 Å². The fourth-order valence-electron chi connectivity index (χ4n) is 4.35. The Kier molecular flexibility index (Phi) is 5.57. The van der Waals surface area contributed by atoms with Crippen LogP contribution < -0.4 is 14.4 Å². The van der Waals surface area contributed by atoms with Crippen LogP contribution in [0.4, 0.5) is 11.4 Å². The lowest BCUT2D eigenvalue weighted by Gasteiger charge is -2.17. The molecule has 1 aliphatic rings. The van der Waals surface area contributed by atoms with Crippen molar-refractivity contribution in [2.24, 2.45) is 0 Å². The van der Waals surface area contributed by atoms with Crippen LogP contribution in [0.15, 0.2) is 84.9 Å². The molecule has 0 fully saturated rings. The summed E-state index contributed by atoms with van der Waals surface area (Å²) in [4.78, 5) is 15.5. The Morgan fingerprint density at radius 3 is 2.33 bits per heavy atom. The second-order valence-electron chi connectivity index (χ2n) is 7.78. The van der Waals surface area contributed by atoms with Gasteiger partial charge in [0.15, 0.2) is 0 Å². The van der Waals surface area contributed by atoms with Gasteiger partial charge in [-0.25, -0.2) is 0 Å². The summed E-state index contributed by atoms with van der Waals surface area (Å²) in [5.41, 5.74) is 4.16. The number of nitrogens with zero attached hydrogens (tertiary/aromatic N) is 1. The molecule has 0 radical (unpaired) electrons. The van der Waals surface area contributed by atoms with Gasteiger partial charge >= 0.3 is 0 Å². The molecule has 0 saturated carbocycles. The first kappa shape index (κ1) is 20.8. The molecular weight excluding hydrogens is 410 g/mol. The molecule has 0 unspecified atom stereocenters. The van der Waals surface area contributed by atoms with E-state index in [-0.39, 0.29) is 5.91 Å². The standard InChI is InChI=1S/C29H25NO3/c1-3-32-22-16-14-20-15-17-28(33-4-2)25(24(20)18-22)19-26-23-12-8-9-13-27(23)30(29(26)31)21-10-6-5-7-11-21/h5-19H,3-4H2,1-2H3/b26-19+. The number of carbonyl (C=O) groups is 1. The summed E-state index contributed by atoms with van der Waals surface area (Å²) >= 11 is 0. The van der Waals surface area contributed by atoms with Crippen LogP contribution in [-0.4, -0.2) is 19.1 Å². The molecule has 0 spiro atoms. The van der Waals surface area contributed by atoms with E-state index in [9.17, 15) is 4.79 Å². The van der Waals surface area contributed by atoms with Gasteiger partial charge in [-0.3, -0.25) is 9.69 Å². The summed E-state index contributed by atoms with van der Waals surface area (Å²) in [5.74, 6) is 1.49. The Hall–Kier alpha value is -4.05. The molecule has 0 saturated heterocycles. The van der Waals surface area contributed by atoms with E-state index < -0.39 is 0 Å². The number of carbonyl (C=O) groups excluding carboxylic acids is 1. The van der Waals surface area contributed by atoms with E-state index in [1.165, 1.54) is 0 Å². The molecule has 4 aromatic rings. The highest BCUT2D eigenvalue weighted by atomic mass is 16.5. The predicted octanol–water partition coefficient (Wildman–Crippen LogP) is 6.86. The first-order valence-electron chi connectivity index (χ1n) is 11.2. The number of rotatable bonds is 6. The second-order valence-corrected chi connectivity index (χ2v) is 7.78. The summed E-state index contributed by atoms with van der Waals surface area (Å²) in [6.45, 7) is 5.05. The summed E-state index contributed by atoms with van der Waals surface area (Å²) in [6.07, 6.45) is 1.97. The van der Waals surface area contributed by atoms with Gasteiger partial charge in [-0.2, -0.15) is 0 Å². The molecule has 4 nitrogen and oxygen atoms in total. The van der Waals surface area contributed by atoms with E-state index in [0.717, 1.165) is 44.8 Å². The maximum atomic E-state index is 13.7. The monoisotopic (exact) mass is 435 g/mol. The number of amides is 1. The Balaban J connectivity index is 1.73. The van der Waals surface area contributed by atoms with Crippen molar-refractivity contribution < 1.29 is 14.3 Å². The molecule has 4 aromatic carbocycles. The van der Waals surface area contributed by atoms with Crippen molar-refractivity contribution in [3.63, 3.8) is 0 Å². The van der Waals surface area contributed by atoms with Crippen molar-refractivity contribution in [1.82, 2.24) is 0 Å². The van der Waals surface area contributed by atoms with Crippen molar-refractivity contribution in [1.29, 1.82) is 0 Å². The highest BCUT2D eigenvalue weighted by molar-refractivity contribution is 6.38. The first-order chi connectivity index (χ1) is 16.2. The molecule has 0 atom stereocenters. The van der Waals surface area contributed by atoms with Crippen LogP contribution in [0.25, 0.3) is 22.4 Å². The van der Waals surface area contributed by atoms with Gasteiger partial charge in [-0.15, -0.1) is 0 Å². The minimum absolute atomic E-state index is 0.0529. The van der Waals surface area contributed by atoms with Gasteiger partial charge in [0, 0.05) is 16.8 Å². The third-order valence-electron chi connectivity index (χ3n) is 5.78. The van der Waals surface area contributed by atoms with Gasteiger partial charge in [0.2, 0.25) is 0 Å². The third-order valence-corrected chi connectivity index (χ3v) is 5.78. The number of para-hydroxylation sites is 2. The van der Waals surface area contributed by atoms with Gasteiger partial charge in [0.05, 0.1) is 24.5 Å². The van der Waals surface area contributed by atoms with Crippen LogP contribution in [0.3, 0.4) is 0 Å². The Labute approximate surface area is 193 Å². The highest BCUT2D eigenvalue weighted by Crippen LogP contribution is 2.43. The summed E-state index contributed by atoms with van der Waals surface area (Å²) in [6, 6.07) is 27.7. The molecule has 33 heavy (non-hydrogen) atoms. The van der Waals surface area contributed by atoms with Gasteiger partial charge < -0.3 is 9.47 Å². The van der Waals surface area contributed by atoms with Crippen molar-refractivity contribution in [2.45, 2.75) is 13.8 Å². The highest BCUT2D eigenvalue weighted by Gasteiger charge is 2.33. The van der Waals surface area contributed by atoms with Crippen molar-refractivity contribution >= 4 is 39.7 Å². The second kappa shape index (κ2) is 8.83. The number of fused-ring (bicyclic) bond motifs is 2. The molecule has 1 heterocycles. The summed E-state index contributed by atoms with van der Waals surface area (Å²) in [5, 5.41) is 2.05. The lowest BCUT2D eigenvalue weighted by molar-refractivity contribution is -0.112. The predicted molar refractivity (Wildman–Crippen MR) is 134 cm³/mol. The largest absolute Gasteiger partial charge is 0.494 e. The third kappa shape index (κ3) is 3.74. The van der Waals surface area contributed by atoms with Gasteiger partial charge in [-0.05, 0) is 67.1 Å². The SMILES string of the molecule is CCOc1ccc2ccc(OCC)c(/C=C3/C(=O)N(c4ccccc4)c4ccccc43)c2c1. The molecule has 1 amide bonds. The topological polar surface area (TPSA) is 38.8 Å². The van der Waals surface area contributed by atoms with Crippen molar-refractivity contribution in [3.8, 4) is 11.5 Å². The van der Waals surface area contributed by atoms with E-state index in [0.29, 0.717) is 18.8 Å². The quantitative estimate of drug-likeness (QED) is 0.311. The lowest BCUT2D eigenvalue weighted by atomic mass is 9.98. The Morgan fingerprint density at radius 2 is 1.55 bits per heavy atom. The number of hydrogen-bond acceptors (Lipinski definition) is 3. The molecule has 5 rings (SSSR count). The van der Waals surface area contributed by atoms with Gasteiger partial charge in [0.1, 0.15) is 11.5 Å². The molecule has 0 aromatic heterocycles. The fourth-order valence-corrected chi connectivity index (χ4v) is 4.35. The van der Waals surface area contributed by atoms with Crippen LogP contribution in [-0.2, 0) is 4.79 Å². The number of hydrogen-bond donors (Lipinski definition) is 0. The maximum absolute atomic E-state index is 13.7. The van der Waals surface area contributed by atoms with Crippen LogP contribution in [0, 0.1) is 0 Å². The van der Waals surface area contributed by atoms with E-state index in [1.807, 2.05) is 105 Å². The van der Waals surface area contributed by atoms with Crippen LogP contribution in [0.1, 0.15) is 25.0 Å². The van der Waals surface area contributed by atoms with Crippen LogP contribution in [0.2, 0.25) is 0 Å². The first-order valence-corrected chi connectivity index (χ1v) is 11.2.